The number of epoxide rings is 1. The van der Waals surface area contributed by atoms with Crippen LogP contribution in [0.1, 0.15) is 164 Å². The fourth-order valence-corrected chi connectivity index (χ4v) is 11.4. The third-order valence-corrected chi connectivity index (χ3v) is 14.7. The van der Waals surface area contributed by atoms with E-state index in [0.717, 1.165) is 32.1 Å². The van der Waals surface area contributed by atoms with E-state index in [4.69, 9.17) is 28.4 Å². The van der Waals surface area contributed by atoms with E-state index in [1.165, 1.54) is 84.0 Å². The Morgan fingerprint density at radius 3 is 2.03 bits per heavy atom. The molecule has 12 atom stereocenters. The number of fused-ring (bicyclic) bond motifs is 3. The average molecular weight is 865 g/mol. The molecule has 0 spiro atoms. The number of hydrogen-bond acceptors (Lipinski definition) is 11. The van der Waals surface area contributed by atoms with E-state index in [2.05, 4.69) is 38.7 Å². The van der Waals surface area contributed by atoms with Crippen molar-refractivity contribution in [1.29, 1.82) is 0 Å². The van der Waals surface area contributed by atoms with Gasteiger partial charge in [0.15, 0.2) is 22.6 Å². The summed E-state index contributed by atoms with van der Waals surface area (Å²) in [5.41, 5.74) is -6.36. The third kappa shape index (κ3) is 9.02. The molecule has 2 saturated carbocycles. The number of Topliss-reactive ketones (excluding diaryl/α,β-unsaturated/α-hetero) is 1. The number of rotatable bonds is 26. The number of aliphatic hydroxyl groups is 2. The van der Waals surface area contributed by atoms with Crippen LogP contribution < -0.4 is 0 Å². The summed E-state index contributed by atoms with van der Waals surface area (Å²) in [6, 6.07) is 0. The lowest BCUT2D eigenvalue weighted by Gasteiger charge is -2.61. The molecule has 0 aromatic carbocycles. The lowest BCUT2D eigenvalue weighted by Crippen LogP contribution is -2.76. The summed E-state index contributed by atoms with van der Waals surface area (Å²) in [5, 5.41) is 25.2. The van der Waals surface area contributed by atoms with Crippen LogP contribution in [-0.2, 0) is 42.8 Å². The molecule has 6 rings (SSSR count). The van der Waals surface area contributed by atoms with E-state index in [1.807, 2.05) is 13.0 Å². The third-order valence-electron chi connectivity index (χ3n) is 14.7. The summed E-state index contributed by atoms with van der Waals surface area (Å²) in [6.45, 7) is 15.0. The number of hydrogen-bond donors (Lipinski definition) is 2. The molecule has 0 aromatic heterocycles. The van der Waals surface area contributed by atoms with Crippen LogP contribution in [0, 0.1) is 17.8 Å². The largest absolute Gasteiger partial charge is 0.462 e. The van der Waals surface area contributed by atoms with Crippen molar-refractivity contribution < 1.29 is 53.0 Å². The highest BCUT2D eigenvalue weighted by molar-refractivity contribution is 6.05. The summed E-state index contributed by atoms with van der Waals surface area (Å²) in [7, 11) is 0. The van der Waals surface area contributed by atoms with Crippen molar-refractivity contribution in [2.24, 2.45) is 17.8 Å². The SMILES string of the molecule is C=C(C)[C@@]12OC3(/C=C/C=C/CCCCCCCCC)O[C@@H]1[C@@H]1[C@@H]4O[C@]4(COC(=O)CCC/C=C/CCCCCCCCC)[C@@H](O)[C@]4(O)C(=O)C(C)=C[C@H]4[C@@]1(O3)[C@H](C)[C@H]2OC(C)=O. The second kappa shape index (κ2) is 20.5. The molecule has 0 aromatic rings. The Labute approximate surface area is 370 Å². The highest BCUT2D eigenvalue weighted by Crippen LogP contribution is 2.73. The standard InChI is InChI=1S/C51H76O11/c1-8-10-12-14-16-18-20-21-23-25-27-29-31-40(53)57-34-47-44(59-47)41-45-50(35(3)4)43(58-38(7)52)37(6)51(41,39-33-36(5)42(54)49(39,56)46(47)55)62-48(60-45,61-50)32-30-28-26-24-22-19-17-15-13-11-9-2/h23,25-26,28,30,32-33,37,39,41,43-46,55-56H,3,8-22,24,27,29,31,34H2,1-2,4-7H3/b25-23+,28-26+,32-30+/t37-,39-,41+,43-,44+,45-,46-,47+,48?,49-,50+,51+/m1/s1. The zero-order valence-corrected chi connectivity index (χ0v) is 38.5. The number of carbonyl (C=O) groups excluding carboxylic acids is 3. The summed E-state index contributed by atoms with van der Waals surface area (Å²) in [5.74, 6) is -6.26. The van der Waals surface area contributed by atoms with Gasteiger partial charge < -0.3 is 38.6 Å². The number of aliphatic hydroxyl groups excluding tert-OH is 1. The minimum Gasteiger partial charge on any atom is -0.462 e. The van der Waals surface area contributed by atoms with E-state index in [1.54, 1.807) is 32.1 Å². The molecule has 3 heterocycles. The lowest BCUT2D eigenvalue weighted by molar-refractivity contribution is -0.407. The van der Waals surface area contributed by atoms with Gasteiger partial charge in [-0.2, -0.15) is 0 Å². The molecular weight excluding hydrogens is 789 g/mol. The van der Waals surface area contributed by atoms with Gasteiger partial charge in [0, 0.05) is 37.2 Å². The molecule has 11 nitrogen and oxygen atoms in total. The Morgan fingerprint density at radius 1 is 0.823 bits per heavy atom. The van der Waals surface area contributed by atoms with Crippen LogP contribution in [0.3, 0.4) is 0 Å². The molecule has 1 unspecified atom stereocenters. The second-order valence-electron chi connectivity index (χ2n) is 19.1. The van der Waals surface area contributed by atoms with Gasteiger partial charge in [-0.25, -0.2) is 0 Å². The highest BCUT2D eigenvalue weighted by atomic mass is 16.9. The van der Waals surface area contributed by atoms with Crippen LogP contribution in [0.4, 0.5) is 0 Å². The first-order chi connectivity index (χ1) is 29.7. The molecule has 6 aliphatic rings. The van der Waals surface area contributed by atoms with Gasteiger partial charge in [0.1, 0.15) is 31.0 Å². The molecule has 0 amide bonds. The molecule has 11 heteroatoms. The predicted octanol–water partition coefficient (Wildman–Crippen LogP) is 9.39. The maximum atomic E-state index is 14.2. The number of allylic oxidation sites excluding steroid dienone is 5. The molecule has 0 radical (unpaired) electrons. The van der Waals surface area contributed by atoms with Crippen LogP contribution in [-0.4, -0.2) is 87.3 Å². The number of esters is 2. The fraction of sp³-hybridized carbons (Fsp3) is 0.745. The highest BCUT2D eigenvalue weighted by Gasteiger charge is 2.90. The first-order valence-electron chi connectivity index (χ1n) is 24.1. The van der Waals surface area contributed by atoms with E-state index < -0.39 is 94.9 Å². The molecular formula is C51H76O11. The van der Waals surface area contributed by atoms with E-state index in [-0.39, 0.29) is 12.0 Å². The van der Waals surface area contributed by atoms with Crippen molar-refractivity contribution in [3.05, 3.63) is 60.3 Å². The van der Waals surface area contributed by atoms with Gasteiger partial charge in [-0.15, -0.1) is 0 Å². The minimum absolute atomic E-state index is 0.156. The predicted molar refractivity (Wildman–Crippen MR) is 237 cm³/mol. The van der Waals surface area contributed by atoms with Crippen molar-refractivity contribution in [3.63, 3.8) is 0 Å². The van der Waals surface area contributed by atoms with Crippen molar-refractivity contribution in [3.8, 4) is 0 Å². The molecule has 3 saturated heterocycles. The van der Waals surface area contributed by atoms with Gasteiger partial charge in [-0.3, -0.25) is 14.4 Å². The molecule has 3 aliphatic heterocycles. The Morgan fingerprint density at radius 2 is 1.42 bits per heavy atom. The number of unbranched alkanes of at least 4 members (excludes halogenated alkanes) is 15. The van der Waals surface area contributed by atoms with Gasteiger partial charge in [0.2, 0.25) is 0 Å². The molecule has 3 aliphatic carbocycles. The quantitative estimate of drug-likeness (QED) is 0.0282. The maximum Gasteiger partial charge on any atom is 0.307 e. The molecule has 3 bridgehead atoms. The fourth-order valence-electron chi connectivity index (χ4n) is 11.4. The second-order valence-corrected chi connectivity index (χ2v) is 19.1. The van der Waals surface area contributed by atoms with E-state index in [9.17, 15) is 24.6 Å². The van der Waals surface area contributed by atoms with Crippen LogP contribution in [0.2, 0.25) is 0 Å². The van der Waals surface area contributed by atoms with Crippen molar-refractivity contribution >= 4 is 17.7 Å². The Kier molecular flexibility index (Phi) is 16.0. The van der Waals surface area contributed by atoms with Crippen LogP contribution in [0.15, 0.2) is 60.3 Å². The van der Waals surface area contributed by atoms with Crippen LogP contribution >= 0.6 is 0 Å². The van der Waals surface area contributed by atoms with Gasteiger partial charge in [0.25, 0.3) is 0 Å². The normalized spacial score (nSPS) is 37.7. The van der Waals surface area contributed by atoms with Crippen molar-refractivity contribution in [2.45, 2.75) is 216 Å². The van der Waals surface area contributed by atoms with Crippen molar-refractivity contribution in [2.75, 3.05) is 6.61 Å². The number of ether oxygens (including phenoxy) is 6. The summed E-state index contributed by atoms with van der Waals surface area (Å²) < 4.78 is 39.4. The van der Waals surface area contributed by atoms with E-state index in [0.29, 0.717) is 12.0 Å². The zero-order chi connectivity index (χ0) is 44.8. The maximum absolute atomic E-state index is 14.2. The zero-order valence-electron chi connectivity index (χ0n) is 38.5. The summed E-state index contributed by atoms with van der Waals surface area (Å²) in [6.07, 6.45) is 29.5. The van der Waals surface area contributed by atoms with E-state index >= 15 is 0 Å². The molecule has 346 valence electrons. The minimum atomic E-state index is -2.45. The topological polar surface area (TPSA) is 150 Å². The first kappa shape index (κ1) is 48.5. The monoisotopic (exact) mass is 865 g/mol. The van der Waals surface area contributed by atoms with Gasteiger partial charge in [0.05, 0.1) is 5.60 Å². The number of carbonyl (C=O) groups is 3. The smallest absolute Gasteiger partial charge is 0.307 e. The van der Waals surface area contributed by atoms with Gasteiger partial charge in [-0.1, -0.05) is 141 Å². The summed E-state index contributed by atoms with van der Waals surface area (Å²) in [4.78, 5) is 40.4. The Bertz CT molecular complexity index is 1730. The Hall–Kier alpha value is -2.93. The average Bonchev–Trinajstić information content (AvgIpc) is 3.85. The van der Waals surface area contributed by atoms with Gasteiger partial charge >= 0.3 is 17.9 Å². The molecule has 2 N–H and O–H groups in total. The Balaban J connectivity index is 1.22. The number of ketones is 1. The van der Waals surface area contributed by atoms with Crippen LogP contribution in [0.5, 0.6) is 0 Å². The van der Waals surface area contributed by atoms with Crippen LogP contribution in [0.25, 0.3) is 0 Å². The lowest BCUT2D eigenvalue weighted by atomic mass is 9.53. The molecule has 5 fully saturated rings. The van der Waals surface area contributed by atoms with Gasteiger partial charge in [-0.05, 0) is 63.5 Å². The van der Waals surface area contributed by atoms with Crippen molar-refractivity contribution in [1.82, 2.24) is 0 Å². The molecule has 62 heavy (non-hydrogen) atoms. The first-order valence-corrected chi connectivity index (χ1v) is 24.1. The summed E-state index contributed by atoms with van der Waals surface area (Å²) >= 11 is 0.